The number of aryl methyl sites for hydroxylation is 1. The predicted molar refractivity (Wildman–Crippen MR) is 93.9 cm³/mol. The van der Waals surface area contributed by atoms with Crippen LogP contribution in [0, 0.1) is 12.7 Å². The molecular formula is C18H28FN3O2. The van der Waals surface area contributed by atoms with Crippen LogP contribution in [0.2, 0.25) is 0 Å². The van der Waals surface area contributed by atoms with E-state index in [9.17, 15) is 9.18 Å². The number of likely N-dealkylation sites (tertiary alicyclic amines) is 1. The predicted octanol–water partition coefficient (Wildman–Crippen LogP) is 3.10. The van der Waals surface area contributed by atoms with Crippen molar-refractivity contribution >= 4 is 11.7 Å². The van der Waals surface area contributed by atoms with Crippen LogP contribution >= 0.6 is 0 Å². The Labute approximate surface area is 143 Å². The van der Waals surface area contributed by atoms with E-state index in [4.69, 9.17) is 4.74 Å². The Hall–Kier alpha value is -1.66. The third-order valence-electron chi connectivity index (χ3n) is 4.13. The molecule has 24 heavy (non-hydrogen) atoms. The zero-order valence-corrected chi connectivity index (χ0v) is 14.8. The first-order valence-corrected chi connectivity index (χ1v) is 8.53. The van der Waals surface area contributed by atoms with Crippen molar-refractivity contribution in [1.29, 1.82) is 0 Å². The second kappa shape index (κ2) is 8.99. The van der Waals surface area contributed by atoms with Gasteiger partial charge in [-0.15, -0.1) is 0 Å². The van der Waals surface area contributed by atoms with Crippen molar-refractivity contribution < 1.29 is 13.9 Å². The molecule has 1 N–H and O–H groups in total. The minimum atomic E-state index is -0.338. The largest absolute Gasteiger partial charge is 0.378 e. The quantitative estimate of drug-likeness (QED) is 0.811. The van der Waals surface area contributed by atoms with Crippen molar-refractivity contribution in [3.05, 3.63) is 29.6 Å². The second-order valence-electron chi connectivity index (χ2n) is 6.66. The highest BCUT2D eigenvalue weighted by Crippen LogP contribution is 2.17. The maximum atomic E-state index is 13.4. The van der Waals surface area contributed by atoms with E-state index in [0.717, 1.165) is 38.0 Å². The van der Waals surface area contributed by atoms with E-state index in [1.807, 2.05) is 0 Å². The molecular weight excluding hydrogens is 309 g/mol. The number of hydrogen-bond acceptors (Lipinski definition) is 3. The molecule has 1 aliphatic heterocycles. The molecule has 0 atom stereocenters. The molecule has 1 aromatic rings. The molecule has 6 heteroatoms. The molecule has 0 unspecified atom stereocenters. The van der Waals surface area contributed by atoms with Crippen LogP contribution in [0.1, 0.15) is 24.8 Å². The van der Waals surface area contributed by atoms with Crippen LogP contribution in [0.15, 0.2) is 18.2 Å². The lowest BCUT2D eigenvalue weighted by Gasteiger charge is -2.32. The van der Waals surface area contributed by atoms with Crippen LogP contribution < -0.4 is 5.32 Å². The number of hydrogen-bond donors (Lipinski definition) is 1. The first-order chi connectivity index (χ1) is 11.4. The monoisotopic (exact) mass is 337 g/mol. The normalized spacial score (nSPS) is 15.8. The molecule has 2 amide bonds. The molecule has 1 saturated heterocycles. The van der Waals surface area contributed by atoms with Crippen LogP contribution in [-0.2, 0) is 4.74 Å². The topological polar surface area (TPSA) is 44.8 Å². The second-order valence-corrected chi connectivity index (χ2v) is 6.66. The van der Waals surface area contributed by atoms with Gasteiger partial charge in [0.05, 0.1) is 6.10 Å². The van der Waals surface area contributed by atoms with Gasteiger partial charge in [0.25, 0.3) is 0 Å². The van der Waals surface area contributed by atoms with Crippen molar-refractivity contribution in [3.8, 4) is 0 Å². The van der Waals surface area contributed by atoms with Gasteiger partial charge in [0.1, 0.15) is 5.82 Å². The van der Waals surface area contributed by atoms with Gasteiger partial charge in [-0.3, -0.25) is 0 Å². The molecule has 5 nitrogen and oxygen atoms in total. The molecule has 0 aliphatic carbocycles. The lowest BCUT2D eigenvalue weighted by Crippen LogP contribution is -2.43. The van der Waals surface area contributed by atoms with Crippen LogP contribution in [-0.4, -0.2) is 62.3 Å². The van der Waals surface area contributed by atoms with E-state index >= 15 is 0 Å². The summed E-state index contributed by atoms with van der Waals surface area (Å²) in [6.45, 7) is 4.92. The zero-order valence-electron chi connectivity index (χ0n) is 14.8. The average Bonchev–Trinajstić information content (AvgIpc) is 2.51. The van der Waals surface area contributed by atoms with Gasteiger partial charge in [-0.05, 0) is 70.6 Å². The van der Waals surface area contributed by atoms with Gasteiger partial charge in [0.2, 0.25) is 0 Å². The summed E-state index contributed by atoms with van der Waals surface area (Å²) >= 11 is 0. The molecule has 0 spiro atoms. The fraction of sp³-hybridized carbons (Fsp3) is 0.611. The summed E-state index contributed by atoms with van der Waals surface area (Å²) in [7, 11) is 4.11. The van der Waals surface area contributed by atoms with Gasteiger partial charge in [0, 0.05) is 25.4 Å². The van der Waals surface area contributed by atoms with Crippen molar-refractivity contribution in [2.45, 2.75) is 32.3 Å². The number of ether oxygens (including phenoxy) is 1. The van der Waals surface area contributed by atoms with Crippen LogP contribution in [0.25, 0.3) is 0 Å². The standard InChI is InChI=1S/C18H28FN3O2/c1-14-11-15(19)13-16(12-14)20-18(23)22-8-5-17(6-9-22)24-10-4-7-21(2)3/h11-13,17H,4-10H2,1-3H3,(H,20,23). The smallest absolute Gasteiger partial charge is 0.321 e. The highest BCUT2D eigenvalue weighted by molar-refractivity contribution is 5.89. The number of amides is 2. The fourth-order valence-electron chi connectivity index (χ4n) is 2.87. The summed E-state index contributed by atoms with van der Waals surface area (Å²) in [5.74, 6) is -0.338. The minimum Gasteiger partial charge on any atom is -0.378 e. The van der Waals surface area contributed by atoms with E-state index in [0.29, 0.717) is 18.8 Å². The maximum Gasteiger partial charge on any atom is 0.321 e. The summed E-state index contributed by atoms with van der Waals surface area (Å²) in [6.07, 6.45) is 2.94. The summed E-state index contributed by atoms with van der Waals surface area (Å²) in [6, 6.07) is 4.37. The number of nitrogens with zero attached hydrogens (tertiary/aromatic N) is 2. The van der Waals surface area contributed by atoms with Gasteiger partial charge in [-0.1, -0.05) is 0 Å². The fourth-order valence-corrected chi connectivity index (χ4v) is 2.87. The molecule has 134 valence electrons. The molecule has 0 aromatic heterocycles. The lowest BCUT2D eigenvalue weighted by molar-refractivity contribution is 0.0130. The number of benzene rings is 1. The van der Waals surface area contributed by atoms with Gasteiger partial charge >= 0.3 is 6.03 Å². The number of carbonyl (C=O) groups excluding carboxylic acids is 1. The van der Waals surface area contributed by atoms with Crippen LogP contribution in [0.4, 0.5) is 14.9 Å². The third kappa shape index (κ3) is 6.09. The number of nitrogens with one attached hydrogen (secondary N) is 1. The zero-order chi connectivity index (χ0) is 17.5. The number of urea groups is 1. The van der Waals surface area contributed by atoms with Gasteiger partial charge < -0.3 is 19.9 Å². The molecule has 0 saturated carbocycles. The molecule has 0 radical (unpaired) electrons. The summed E-state index contributed by atoms with van der Waals surface area (Å²) in [5, 5.41) is 2.77. The molecule has 0 bridgehead atoms. The lowest BCUT2D eigenvalue weighted by atomic mass is 10.1. The molecule has 1 fully saturated rings. The Morgan fingerprint density at radius 2 is 2.04 bits per heavy atom. The van der Waals surface area contributed by atoms with E-state index < -0.39 is 0 Å². The third-order valence-corrected chi connectivity index (χ3v) is 4.13. The Balaban J connectivity index is 1.72. The Morgan fingerprint density at radius 3 is 2.67 bits per heavy atom. The van der Waals surface area contributed by atoms with Gasteiger partial charge in [-0.25, -0.2) is 9.18 Å². The highest BCUT2D eigenvalue weighted by Gasteiger charge is 2.23. The summed E-state index contributed by atoms with van der Waals surface area (Å²) in [5.41, 5.74) is 1.29. The van der Waals surface area contributed by atoms with Crippen LogP contribution in [0.3, 0.4) is 0 Å². The Kier molecular flexibility index (Phi) is 6.99. The summed E-state index contributed by atoms with van der Waals surface area (Å²) < 4.78 is 19.3. The molecule has 1 aromatic carbocycles. The van der Waals surface area contributed by atoms with Crippen LogP contribution in [0.5, 0.6) is 0 Å². The van der Waals surface area contributed by atoms with Crippen molar-refractivity contribution in [2.24, 2.45) is 0 Å². The van der Waals surface area contributed by atoms with Crippen molar-refractivity contribution in [3.63, 3.8) is 0 Å². The molecule has 1 heterocycles. The summed E-state index contributed by atoms with van der Waals surface area (Å²) in [4.78, 5) is 16.2. The first-order valence-electron chi connectivity index (χ1n) is 8.53. The van der Waals surface area contributed by atoms with E-state index in [1.165, 1.54) is 12.1 Å². The van der Waals surface area contributed by atoms with Gasteiger partial charge in [-0.2, -0.15) is 0 Å². The minimum absolute atomic E-state index is 0.175. The maximum absolute atomic E-state index is 13.4. The Bertz CT molecular complexity index is 523. The number of halogens is 1. The Morgan fingerprint density at radius 1 is 1.33 bits per heavy atom. The molecule has 2 rings (SSSR count). The highest BCUT2D eigenvalue weighted by atomic mass is 19.1. The number of piperidine rings is 1. The number of carbonyl (C=O) groups is 1. The molecule has 1 aliphatic rings. The van der Waals surface area contributed by atoms with E-state index in [2.05, 4.69) is 24.3 Å². The van der Waals surface area contributed by atoms with Crippen molar-refractivity contribution in [2.75, 3.05) is 45.7 Å². The van der Waals surface area contributed by atoms with E-state index in [1.54, 1.807) is 17.9 Å². The first kappa shape index (κ1) is 18.7. The van der Waals surface area contributed by atoms with Crippen molar-refractivity contribution in [1.82, 2.24) is 9.80 Å². The van der Waals surface area contributed by atoms with Gasteiger partial charge in [0.15, 0.2) is 0 Å². The number of anilines is 1. The SMILES string of the molecule is Cc1cc(F)cc(NC(=O)N2CCC(OCCCN(C)C)CC2)c1. The average molecular weight is 337 g/mol. The van der Waals surface area contributed by atoms with E-state index in [-0.39, 0.29) is 18.0 Å². The number of rotatable bonds is 6.